The number of hydrogen-bond donors (Lipinski definition) is 1. The Morgan fingerprint density at radius 2 is 2.30 bits per heavy atom. The number of nitrogens with zero attached hydrogens (tertiary/aromatic N) is 3. The topological polar surface area (TPSA) is 80.4 Å². The average Bonchev–Trinajstić information content (AvgIpc) is 2.96. The molecule has 3 heterocycles. The number of carbonyl (C=O) groups excluding carboxylic acids is 1. The maximum atomic E-state index is 12.3. The van der Waals surface area contributed by atoms with Gasteiger partial charge in [0.05, 0.1) is 11.8 Å². The van der Waals surface area contributed by atoms with E-state index in [2.05, 4.69) is 10.3 Å². The van der Waals surface area contributed by atoms with Crippen molar-refractivity contribution in [1.29, 1.82) is 0 Å². The van der Waals surface area contributed by atoms with E-state index in [1.165, 1.54) is 10.8 Å². The van der Waals surface area contributed by atoms with E-state index in [1.807, 2.05) is 4.90 Å². The monoisotopic (exact) mass is 316 g/mol. The molecule has 1 fully saturated rings. The molecular formula is C16H20N4O3. The molecule has 3 rings (SSSR count). The lowest BCUT2D eigenvalue weighted by molar-refractivity contribution is 0.0931. The Balaban J connectivity index is 1.71. The molecule has 2 aromatic heterocycles. The molecule has 0 saturated carbocycles. The summed E-state index contributed by atoms with van der Waals surface area (Å²) in [6.45, 7) is 3.11. The van der Waals surface area contributed by atoms with Gasteiger partial charge in [-0.1, -0.05) is 0 Å². The highest BCUT2D eigenvalue weighted by molar-refractivity contribution is 5.95. The fraction of sp³-hybridized carbons (Fsp3) is 0.438. The predicted molar refractivity (Wildman–Crippen MR) is 85.6 cm³/mol. The molecule has 1 N–H and O–H groups in total. The van der Waals surface area contributed by atoms with E-state index in [1.54, 1.807) is 32.4 Å². The van der Waals surface area contributed by atoms with E-state index in [0.717, 1.165) is 19.4 Å². The summed E-state index contributed by atoms with van der Waals surface area (Å²) in [5.41, 5.74) is 0.432. The number of anilines is 1. The van der Waals surface area contributed by atoms with Gasteiger partial charge >= 0.3 is 0 Å². The Morgan fingerprint density at radius 3 is 3.04 bits per heavy atom. The summed E-state index contributed by atoms with van der Waals surface area (Å²) in [7, 11) is 1.71. The van der Waals surface area contributed by atoms with Crippen molar-refractivity contribution in [2.24, 2.45) is 7.05 Å². The normalized spacial score (nSPS) is 18.0. The van der Waals surface area contributed by atoms with Crippen molar-refractivity contribution in [1.82, 2.24) is 14.9 Å². The largest absolute Gasteiger partial charge is 0.469 e. The lowest BCUT2D eigenvalue weighted by Crippen LogP contribution is -2.49. The molecular weight excluding hydrogens is 296 g/mol. The SMILES string of the molecule is Cc1occc1C(=O)NC1CCCN(c2nccn(C)c2=O)C1. The molecule has 23 heavy (non-hydrogen) atoms. The molecule has 1 amide bonds. The highest BCUT2D eigenvalue weighted by atomic mass is 16.3. The highest BCUT2D eigenvalue weighted by Crippen LogP contribution is 2.16. The Labute approximate surface area is 133 Å². The second-order valence-electron chi connectivity index (χ2n) is 5.82. The molecule has 1 atom stereocenters. The maximum absolute atomic E-state index is 12.3. The zero-order valence-corrected chi connectivity index (χ0v) is 13.3. The third-order valence-electron chi connectivity index (χ3n) is 4.16. The first-order valence-corrected chi connectivity index (χ1v) is 7.68. The first-order chi connectivity index (χ1) is 11.1. The average molecular weight is 316 g/mol. The minimum Gasteiger partial charge on any atom is -0.469 e. The third-order valence-corrected chi connectivity index (χ3v) is 4.16. The van der Waals surface area contributed by atoms with Crippen molar-refractivity contribution in [3.63, 3.8) is 0 Å². The van der Waals surface area contributed by atoms with Crippen molar-refractivity contribution in [2.75, 3.05) is 18.0 Å². The van der Waals surface area contributed by atoms with Gasteiger partial charge in [-0.2, -0.15) is 0 Å². The van der Waals surface area contributed by atoms with Crippen LogP contribution in [0.25, 0.3) is 0 Å². The Kier molecular flexibility index (Phi) is 4.18. The molecule has 7 heteroatoms. The minimum absolute atomic E-state index is 0.0164. The van der Waals surface area contributed by atoms with Crippen LogP contribution in [-0.4, -0.2) is 34.6 Å². The molecule has 0 aliphatic carbocycles. The molecule has 122 valence electrons. The third kappa shape index (κ3) is 3.13. The van der Waals surface area contributed by atoms with E-state index in [4.69, 9.17) is 4.42 Å². The molecule has 7 nitrogen and oxygen atoms in total. The van der Waals surface area contributed by atoms with Gasteiger partial charge in [0.1, 0.15) is 5.76 Å². The van der Waals surface area contributed by atoms with E-state index < -0.39 is 0 Å². The molecule has 0 spiro atoms. The molecule has 1 aliphatic rings. The summed E-state index contributed by atoms with van der Waals surface area (Å²) in [4.78, 5) is 30.6. The number of piperidine rings is 1. The minimum atomic E-state index is -0.142. The zero-order chi connectivity index (χ0) is 16.4. The predicted octanol–water partition coefficient (Wildman–Crippen LogP) is 1.08. The van der Waals surface area contributed by atoms with Crippen LogP contribution in [0, 0.1) is 6.92 Å². The van der Waals surface area contributed by atoms with Crippen LogP contribution in [0.4, 0.5) is 5.82 Å². The van der Waals surface area contributed by atoms with Gasteiger partial charge in [0.25, 0.3) is 11.5 Å². The van der Waals surface area contributed by atoms with Crippen LogP contribution in [-0.2, 0) is 7.05 Å². The van der Waals surface area contributed by atoms with E-state index >= 15 is 0 Å². The highest BCUT2D eigenvalue weighted by Gasteiger charge is 2.25. The standard InChI is InChI=1S/C16H20N4O3/c1-11-13(5-9-23-11)15(21)18-12-4-3-7-20(10-12)14-16(22)19(2)8-6-17-14/h5-6,8-9,12H,3-4,7,10H2,1-2H3,(H,18,21). The Bertz CT molecular complexity index is 765. The summed E-state index contributed by atoms with van der Waals surface area (Å²) in [6.07, 6.45) is 6.54. The Hall–Kier alpha value is -2.57. The fourth-order valence-corrected chi connectivity index (χ4v) is 2.87. The van der Waals surface area contributed by atoms with Gasteiger partial charge in [-0.25, -0.2) is 4.98 Å². The first kappa shape index (κ1) is 15.3. The zero-order valence-electron chi connectivity index (χ0n) is 13.3. The van der Waals surface area contributed by atoms with Crippen LogP contribution >= 0.6 is 0 Å². The number of nitrogens with one attached hydrogen (secondary N) is 1. The van der Waals surface area contributed by atoms with Crippen LogP contribution < -0.4 is 15.8 Å². The van der Waals surface area contributed by atoms with E-state index in [0.29, 0.717) is 23.7 Å². The van der Waals surface area contributed by atoms with Gasteiger partial charge in [0.15, 0.2) is 5.82 Å². The quantitative estimate of drug-likeness (QED) is 0.916. The summed E-state index contributed by atoms with van der Waals surface area (Å²) >= 11 is 0. The maximum Gasteiger partial charge on any atom is 0.293 e. The second kappa shape index (κ2) is 6.28. The fourth-order valence-electron chi connectivity index (χ4n) is 2.87. The summed E-state index contributed by atoms with van der Waals surface area (Å²) in [5.74, 6) is 0.902. The molecule has 0 radical (unpaired) electrons. The van der Waals surface area contributed by atoms with Gasteiger partial charge in [0, 0.05) is 38.6 Å². The van der Waals surface area contributed by atoms with Crippen LogP contribution in [0.1, 0.15) is 29.0 Å². The second-order valence-corrected chi connectivity index (χ2v) is 5.82. The number of rotatable bonds is 3. The summed E-state index contributed by atoms with van der Waals surface area (Å²) in [5, 5.41) is 3.02. The molecule has 0 aromatic carbocycles. The van der Waals surface area contributed by atoms with Crippen molar-refractivity contribution in [3.05, 3.63) is 46.4 Å². The van der Waals surface area contributed by atoms with Gasteiger partial charge in [-0.15, -0.1) is 0 Å². The molecule has 2 aromatic rings. The lowest BCUT2D eigenvalue weighted by atomic mass is 10.1. The van der Waals surface area contributed by atoms with Gasteiger partial charge < -0.3 is 19.2 Å². The van der Waals surface area contributed by atoms with Crippen LogP contribution in [0.2, 0.25) is 0 Å². The van der Waals surface area contributed by atoms with Gasteiger partial charge in [0.2, 0.25) is 0 Å². The number of amides is 1. The molecule has 1 aliphatic heterocycles. The van der Waals surface area contributed by atoms with Crippen LogP contribution in [0.5, 0.6) is 0 Å². The number of aromatic nitrogens is 2. The Morgan fingerprint density at radius 1 is 1.48 bits per heavy atom. The lowest BCUT2D eigenvalue weighted by Gasteiger charge is -2.33. The van der Waals surface area contributed by atoms with E-state index in [-0.39, 0.29) is 17.5 Å². The molecule has 0 bridgehead atoms. The summed E-state index contributed by atoms with van der Waals surface area (Å²) < 4.78 is 6.68. The summed E-state index contributed by atoms with van der Waals surface area (Å²) in [6, 6.07) is 1.65. The number of hydrogen-bond acceptors (Lipinski definition) is 5. The first-order valence-electron chi connectivity index (χ1n) is 7.68. The van der Waals surface area contributed by atoms with Gasteiger partial charge in [-0.05, 0) is 25.8 Å². The van der Waals surface area contributed by atoms with Crippen molar-refractivity contribution >= 4 is 11.7 Å². The number of carbonyl (C=O) groups is 1. The van der Waals surface area contributed by atoms with Crippen LogP contribution in [0.3, 0.4) is 0 Å². The smallest absolute Gasteiger partial charge is 0.293 e. The van der Waals surface area contributed by atoms with Crippen molar-refractivity contribution in [3.8, 4) is 0 Å². The molecule has 1 unspecified atom stereocenters. The molecule has 1 saturated heterocycles. The van der Waals surface area contributed by atoms with E-state index in [9.17, 15) is 9.59 Å². The van der Waals surface area contributed by atoms with Crippen LogP contribution in [0.15, 0.2) is 33.9 Å². The number of aryl methyl sites for hydroxylation is 2. The van der Waals surface area contributed by atoms with Crippen molar-refractivity contribution < 1.29 is 9.21 Å². The van der Waals surface area contributed by atoms with Gasteiger partial charge in [-0.3, -0.25) is 9.59 Å². The number of furan rings is 1. The van der Waals surface area contributed by atoms with Crippen molar-refractivity contribution in [2.45, 2.75) is 25.8 Å².